The number of hydrogen-bond acceptors (Lipinski definition) is 3. The highest BCUT2D eigenvalue weighted by molar-refractivity contribution is 4.76. The molecule has 0 aromatic carbocycles. The van der Waals surface area contributed by atoms with E-state index in [0.29, 0.717) is 6.04 Å². The first kappa shape index (κ1) is 5.65. The molecule has 2 bridgehead atoms. The second-order valence-corrected chi connectivity index (χ2v) is 2.66. The average molecular weight is 129 g/mol. The molecule has 0 radical (unpaired) electrons. The molecule has 2 unspecified atom stereocenters. The lowest BCUT2D eigenvalue weighted by Gasteiger charge is -2.34. The van der Waals surface area contributed by atoms with E-state index in [1.165, 1.54) is 12.8 Å². The predicted octanol–water partition coefficient (Wildman–Crippen LogP) is 0.416. The molecule has 2 fully saturated rings. The molecule has 0 saturated carbocycles. The highest BCUT2D eigenvalue weighted by atomic mass is 17.2. The van der Waals surface area contributed by atoms with Crippen molar-refractivity contribution in [1.82, 2.24) is 5.32 Å². The van der Waals surface area contributed by atoms with Crippen molar-refractivity contribution in [2.75, 3.05) is 6.61 Å². The second kappa shape index (κ2) is 2.25. The van der Waals surface area contributed by atoms with Crippen molar-refractivity contribution in [3.05, 3.63) is 0 Å². The molecule has 52 valence electrons. The maximum Gasteiger partial charge on any atom is 0.144 e. The number of nitrogens with one attached hydrogen (secondary N) is 1. The lowest BCUT2D eigenvalue weighted by atomic mass is 10.0. The molecule has 0 aromatic rings. The molecule has 2 saturated heterocycles. The average Bonchev–Trinajstić information content (AvgIpc) is 1.88. The minimum absolute atomic E-state index is 0.178. The minimum Gasteiger partial charge on any atom is -0.284 e. The maximum atomic E-state index is 4.94. The molecule has 2 heterocycles. The van der Waals surface area contributed by atoms with Gasteiger partial charge in [-0.2, -0.15) is 0 Å². The Kier molecular flexibility index (Phi) is 1.41. The van der Waals surface area contributed by atoms with Crippen LogP contribution in [0.25, 0.3) is 0 Å². The van der Waals surface area contributed by atoms with Gasteiger partial charge >= 0.3 is 0 Å². The molecule has 3 heteroatoms. The summed E-state index contributed by atoms with van der Waals surface area (Å²) in [6.45, 7) is 0.719. The summed E-state index contributed by atoms with van der Waals surface area (Å²) in [6, 6.07) is 0.553. The first-order chi connectivity index (χ1) is 4.45. The van der Waals surface area contributed by atoms with Crippen LogP contribution in [0.2, 0.25) is 0 Å². The third-order valence-electron chi connectivity index (χ3n) is 1.89. The first-order valence-corrected chi connectivity index (χ1v) is 3.49. The van der Waals surface area contributed by atoms with Gasteiger partial charge in [0, 0.05) is 6.04 Å². The van der Waals surface area contributed by atoms with E-state index in [0.717, 1.165) is 13.0 Å². The van der Waals surface area contributed by atoms with Gasteiger partial charge in [-0.15, -0.1) is 0 Å². The van der Waals surface area contributed by atoms with Crippen LogP contribution in [0.5, 0.6) is 0 Å². The van der Waals surface area contributed by atoms with Gasteiger partial charge in [-0.1, -0.05) is 0 Å². The van der Waals surface area contributed by atoms with Crippen LogP contribution < -0.4 is 5.32 Å². The summed E-state index contributed by atoms with van der Waals surface area (Å²) in [5.74, 6) is 0. The van der Waals surface area contributed by atoms with Crippen LogP contribution in [-0.2, 0) is 9.78 Å². The Morgan fingerprint density at radius 1 is 1.33 bits per heavy atom. The predicted molar refractivity (Wildman–Crippen MR) is 31.6 cm³/mol. The molecule has 9 heavy (non-hydrogen) atoms. The monoisotopic (exact) mass is 129 g/mol. The molecule has 2 aliphatic rings. The van der Waals surface area contributed by atoms with E-state index in [1.807, 2.05) is 0 Å². The van der Waals surface area contributed by atoms with Gasteiger partial charge in [0.2, 0.25) is 0 Å². The Morgan fingerprint density at radius 3 is 3.11 bits per heavy atom. The lowest BCUT2D eigenvalue weighted by molar-refractivity contribution is -0.364. The van der Waals surface area contributed by atoms with Gasteiger partial charge in [-0.25, -0.2) is 9.78 Å². The fourth-order valence-electron chi connectivity index (χ4n) is 1.39. The Labute approximate surface area is 54.3 Å². The number of rotatable bonds is 0. The number of hydrogen-bond donors (Lipinski definition) is 1. The summed E-state index contributed by atoms with van der Waals surface area (Å²) >= 11 is 0. The summed E-state index contributed by atoms with van der Waals surface area (Å²) in [5, 5.41) is 3.31. The Hall–Kier alpha value is -0.120. The normalized spacial score (nSPS) is 42.7. The van der Waals surface area contributed by atoms with Crippen LogP contribution in [-0.4, -0.2) is 18.9 Å². The Balaban J connectivity index is 1.96. The fourth-order valence-corrected chi connectivity index (χ4v) is 1.39. The molecule has 1 N–H and O–H groups in total. The molecular weight excluding hydrogens is 118 g/mol. The maximum absolute atomic E-state index is 4.94. The van der Waals surface area contributed by atoms with Gasteiger partial charge in [0.05, 0.1) is 6.61 Å². The van der Waals surface area contributed by atoms with Crippen molar-refractivity contribution in [3.63, 3.8) is 0 Å². The van der Waals surface area contributed by atoms with Crippen LogP contribution in [0.3, 0.4) is 0 Å². The third-order valence-corrected chi connectivity index (χ3v) is 1.89. The number of piperidine rings is 1. The minimum atomic E-state index is 0.178. The zero-order chi connectivity index (χ0) is 6.10. The molecule has 2 rings (SSSR count). The second-order valence-electron chi connectivity index (χ2n) is 2.66. The Bertz CT molecular complexity index is 87.2. The van der Waals surface area contributed by atoms with E-state index < -0.39 is 0 Å². The van der Waals surface area contributed by atoms with Gasteiger partial charge in [-0.3, -0.25) is 5.32 Å². The fraction of sp³-hybridized carbons (Fsp3) is 1.00. The van der Waals surface area contributed by atoms with Crippen molar-refractivity contribution in [3.8, 4) is 0 Å². The van der Waals surface area contributed by atoms with Crippen molar-refractivity contribution in [1.29, 1.82) is 0 Å². The van der Waals surface area contributed by atoms with Crippen molar-refractivity contribution < 1.29 is 9.78 Å². The lowest BCUT2D eigenvalue weighted by Crippen LogP contribution is -2.50. The molecule has 2 aliphatic heterocycles. The summed E-state index contributed by atoms with van der Waals surface area (Å²) in [6.07, 6.45) is 3.78. The van der Waals surface area contributed by atoms with E-state index in [2.05, 4.69) is 5.32 Å². The SMILES string of the molecule is C1CC2COOC(C1)N2. The molecule has 0 amide bonds. The van der Waals surface area contributed by atoms with Gasteiger partial charge in [0.15, 0.2) is 0 Å². The van der Waals surface area contributed by atoms with Gasteiger partial charge in [0.25, 0.3) is 0 Å². The summed E-state index contributed by atoms with van der Waals surface area (Å²) in [5.41, 5.74) is 0. The van der Waals surface area contributed by atoms with E-state index >= 15 is 0 Å². The Morgan fingerprint density at radius 2 is 2.33 bits per heavy atom. The zero-order valence-corrected chi connectivity index (χ0v) is 5.30. The van der Waals surface area contributed by atoms with Gasteiger partial charge in [-0.05, 0) is 19.3 Å². The van der Waals surface area contributed by atoms with E-state index in [9.17, 15) is 0 Å². The summed E-state index contributed by atoms with van der Waals surface area (Å²) in [4.78, 5) is 9.81. The summed E-state index contributed by atoms with van der Waals surface area (Å²) in [7, 11) is 0. The molecule has 2 atom stereocenters. The van der Waals surface area contributed by atoms with Crippen LogP contribution in [0.1, 0.15) is 19.3 Å². The largest absolute Gasteiger partial charge is 0.284 e. The van der Waals surface area contributed by atoms with Crippen LogP contribution in [0, 0.1) is 0 Å². The van der Waals surface area contributed by atoms with Crippen LogP contribution in [0.15, 0.2) is 0 Å². The molecule has 0 spiro atoms. The molecule has 0 aromatic heterocycles. The third kappa shape index (κ3) is 1.08. The van der Waals surface area contributed by atoms with Crippen LogP contribution in [0.4, 0.5) is 0 Å². The van der Waals surface area contributed by atoms with Crippen LogP contribution >= 0.6 is 0 Å². The van der Waals surface area contributed by atoms with Gasteiger partial charge < -0.3 is 0 Å². The smallest absolute Gasteiger partial charge is 0.144 e. The van der Waals surface area contributed by atoms with E-state index in [4.69, 9.17) is 9.78 Å². The topological polar surface area (TPSA) is 30.5 Å². The highest BCUT2D eigenvalue weighted by Crippen LogP contribution is 2.17. The standard InChI is InChI=1S/C6H11NO2/c1-2-5-4-8-9-6(3-1)7-5/h5-7H,1-4H2. The highest BCUT2D eigenvalue weighted by Gasteiger charge is 2.26. The van der Waals surface area contributed by atoms with E-state index in [-0.39, 0.29) is 6.23 Å². The van der Waals surface area contributed by atoms with Crippen molar-refractivity contribution in [2.45, 2.75) is 31.5 Å². The molecular formula is C6H11NO2. The van der Waals surface area contributed by atoms with Crippen molar-refractivity contribution >= 4 is 0 Å². The quantitative estimate of drug-likeness (QED) is 0.481. The number of fused-ring (bicyclic) bond motifs is 2. The van der Waals surface area contributed by atoms with Gasteiger partial charge in [0.1, 0.15) is 6.23 Å². The summed E-state index contributed by atoms with van der Waals surface area (Å²) < 4.78 is 0. The molecule has 3 nitrogen and oxygen atoms in total. The van der Waals surface area contributed by atoms with Crippen molar-refractivity contribution in [2.24, 2.45) is 0 Å². The van der Waals surface area contributed by atoms with E-state index in [1.54, 1.807) is 0 Å². The zero-order valence-electron chi connectivity index (χ0n) is 5.30. The first-order valence-electron chi connectivity index (χ1n) is 3.49. The molecule has 0 aliphatic carbocycles.